The molecule has 1 fully saturated rings. The van der Waals surface area contributed by atoms with Gasteiger partial charge >= 0.3 is 0 Å². The lowest BCUT2D eigenvalue weighted by Gasteiger charge is -2.21. The van der Waals surface area contributed by atoms with Gasteiger partial charge in [0, 0.05) is 48.9 Å². The molecule has 2 aromatic rings. The predicted octanol–water partition coefficient (Wildman–Crippen LogP) is 2.58. The van der Waals surface area contributed by atoms with E-state index in [0.717, 1.165) is 37.1 Å². The number of hydrogen-bond acceptors (Lipinski definition) is 4. The van der Waals surface area contributed by atoms with E-state index in [9.17, 15) is 9.59 Å². The van der Waals surface area contributed by atoms with Gasteiger partial charge in [0.2, 0.25) is 5.91 Å². The molecule has 1 aliphatic heterocycles. The Hall–Kier alpha value is -2.50. The Morgan fingerprint density at radius 3 is 2.72 bits per heavy atom. The highest BCUT2D eigenvalue weighted by Gasteiger charge is 2.31. The Balaban J connectivity index is 1.80. The summed E-state index contributed by atoms with van der Waals surface area (Å²) in [5.41, 5.74) is 1.42. The number of amides is 1. The first-order valence-corrected chi connectivity index (χ1v) is 8.92. The van der Waals surface area contributed by atoms with Gasteiger partial charge in [0.1, 0.15) is 5.82 Å². The Morgan fingerprint density at radius 1 is 1.32 bits per heavy atom. The summed E-state index contributed by atoms with van der Waals surface area (Å²) >= 11 is 0. The van der Waals surface area contributed by atoms with E-state index in [-0.39, 0.29) is 23.3 Å². The van der Waals surface area contributed by atoms with E-state index in [1.807, 2.05) is 17.0 Å². The molecule has 0 bridgehead atoms. The second-order valence-corrected chi connectivity index (χ2v) is 6.54. The number of carbonyl (C=O) groups excluding carboxylic acids is 1. The molecule has 1 unspecified atom stereocenters. The third kappa shape index (κ3) is 3.78. The fourth-order valence-corrected chi connectivity index (χ4v) is 3.43. The summed E-state index contributed by atoms with van der Waals surface area (Å²) in [6, 6.07) is 5.19. The van der Waals surface area contributed by atoms with Gasteiger partial charge in [-0.15, -0.1) is 0 Å². The molecular weight excluding hydrogens is 316 g/mol. The maximum absolute atomic E-state index is 12.6. The number of H-pyrrole nitrogens is 1. The van der Waals surface area contributed by atoms with E-state index in [1.54, 1.807) is 18.5 Å². The molecule has 3 heterocycles. The van der Waals surface area contributed by atoms with Gasteiger partial charge in [-0.1, -0.05) is 13.8 Å². The molecule has 0 radical (unpaired) electrons. The van der Waals surface area contributed by atoms with E-state index < -0.39 is 0 Å². The van der Waals surface area contributed by atoms with Gasteiger partial charge in [0.25, 0.3) is 5.56 Å². The molecule has 132 valence electrons. The van der Waals surface area contributed by atoms with Crippen LogP contribution in [0.3, 0.4) is 0 Å². The van der Waals surface area contributed by atoms with Crippen molar-refractivity contribution in [1.82, 2.24) is 19.9 Å². The summed E-state index contributed by atoms with van der Waals surface area (Å²) in [7, 11) is 0. The van der Waals surface area contributed by atoms with E-state index in [0.29, 0.717) is 12.4 Å². The number of aromatic amines is 1. The quantitative estimate of drug-likeness (QED) is 0.907. The zero-order valence-electron chi connectivity index (χ0n) is 14.7. The van der Waals surface area contributed by atoms with Crippen molar-refractivity contribution < 1.29 is 4.79 Å². The minimum Gasteiger partial charge on any atom is -0.342 e. The third-order valence-electron chi connectivity index (χ3n) is 4.97. The summed E-state index contributed by atoms with van der Waals surface area (Å²) < 4.78 is 0. The largest absolute Gasteiger partial charge is 0.342 e. The first-order valence-electron chi connectivity index (χ1n) is 8.92. The Morgan fingerprint density at radius 2 is 2.04 bits per heavy atom. The van der Waals surface area contributed by atoms with Crippen molar-refractivity contribution in [1.29, 1.82) is 0 Å². The van der Waals surface area contributed by atoms with Crippen molar-refractivity contribution in [3.63, 3.8) is 0 Å². The average molecular weight is 340 g/mol. The molecule has 0 saturated carbocycles. The van der Waals surface area contributed by atoms with Crippen LogP contribution in [-0.4, -0.2) is 38.8 Å². The molecule has 0 spiro atoms. The molecule has 1 amide bonds. The van der Waals surface area contributed by atoms with Crippen LogP contribution < -0.4 is 5.56 Å². The summed E-state index contributed by atoms with van der Waals surface area (Å²) in [5.74, 6) is 0.987. The Kier molecular flexibility index (Phi) is 5.26. The minimum atomic E-state index is -0.165. The molecule has 0 aliphatic carbocycles. The van der Waals surface area contributed by atoms with Crippen molar-refractivity contribution >= 4 is 5.91 Å². The molecule has 6 nitrogen and oxygen atoms in total. The average Bonchev–Trinajstić information content (AvgIpc) is 3.13. The molecule has 25 heavy (non-hydrogen) atoms. The van der Waals surface area contributed by atoms with Crippen LogP contribution in [0.1, 0.15) is 44.7 Å². The number of nitrogens with one attached hydrogen (secondary N) is 1. The minimum absolute atomic E-state index is 0.0956. The SMILES string of the molecule is CCC(CC)C(=O)N1CCC(c2cc(=O)[nH]c(-c3ccncc3)n2)C1. The van der Waals surface area contributed by atoms with E-state index in [4.69, 9.17) is 0 Å². The molecule has 1 saturated heterocycles. The summed E-state index contributed by atoms with van der Waals surface area (Å²) in [4.78, 5) is 38.0. The number of likely N-dealkylation sites (tertiary alicyclic amines) is 1. The predicted molar refractivity (Wildman–Crippen MR) is 96.1 cm³/mol. The monoisotopic (exact) mass is 340 g/mol. The molecule has 3 rings (SSSR count). The normalized spacial score (nSPS) is 17.2. The fraction of sp³-hybridized carbons (Fsp3) is 0.474. The van der Waals surface area contributed by atoms with Crippen LogP contribution in [0.25, 0.3) is 11.4 Å². The zero-order valence-corrected chi connectivity index (χ0v) is 14.7. The Labute approximate surface area is 147 Å². The number of rotatable bonds is 5. The molecule has 6 heteroatoms. The first-order chi connectivity index (χ1) is 12.1. The van der Waals surface area contributed by atoms with Crippen LogP contribution >= 0.6 is 0 Å². The van der Waals surface area contributed by atoms with Gasteiger partial charge in [-0.25, -0.2) is 4.98 Å². The van der Waals surface area contributed by atoms with Gasteiger partial charge in [-0.3, -0.25) is 14.6 Å². The van der Waals surface area contributed by atoms with Crippen molar-refractivity contribution in [2.45, 2.75) is 39.0 Å². The lowest BCUT2D eigenvalue weighted by atomic mass is 10.0. The van der Waals surface area contributed by atoms with Gasteiger partial charge in [0.15, 0.2) is 0 Å². The number of aromatic nitrogens is 3. The smallest absolute Gasteiger partial charge is 0.251 e. The maximum atomic E-state index is 12.6. The van der Waals surface area contributed by atoms with Crippen LogP contribution in [0.2, 0.25) is 0 Å². The second-order valence-electron chi connectivity index (χ2n) is 6.54. The molecule has 0 aromatic carbocycles. The van der Waals surface area contributed by atoms with Crippen molar-refractivity contribution in [2.24, 2.45) is 5.92 Å². The lowest BCUT2D eigenvalue weighted by molar-refractivity contribution is -0.134. The van der Waals surface area contributed by atoms with Crippen LogP contribution in [0.4, 0.5) is 0 Å². The van der Waals surface area contributed by atoms with Gasteiger partial charge in [-0.05, 0) is 31.4 Å². The molecule has 2 aromatic heterocycles. The summed E-state index contributed by atoms with van der Waals surface area (Å²) in [5, 5.41) is 0. The van der Waals surface area contributed by atoms with Crippen molar-refractivity contribution in [2.75, 3.05) is 13.1 Å². The fourth-order valence-electron chi connectivity index (χ4n) is 3.43. The summed E-state index contributed by atoms with van der Waals surface area (Å²) in [6.07, 6.45) is 5.93. The van der Waals surface area contributed by atoms with Gasteiger partial charge < -0.3 is 9.88 Å². The second kappa shape index (κ2) is 7.59. The first kappa shape index (κ1) is 17.3. The topological polar surface area (TPSA) is 79.0 Å². The highest BCUT2D eigenvalue weighted by atomic mass is 16.2. The highest BCUT2D eigenvalue weighted by molar-refractivity contribution is 5.79. The highest BCUT2D eigenvalue weighted by Crippen LogP contribution is 2.28. The maximum Gasteiger partial charge on any atom is 0.251 e. The van der Waals surface area contributed by atoms with Crippen molar-refractivity contribution in [3.8, 4) is 11.4 Å². The van der Waals surface area contributed by atoms with Gasteiger partial charge in [0.05, 0.1) is 5.69 Å². The zero-order chi connectivity index (χ0) is 17.8. The third-order valence-corrected chi connectivity index (χ3v) is 4.97. The number of nitrogens with zero attached hydrogens (tertiary/aromatic N) is 3. The van der Waals surface area contributed by atoms with Gasteiger partial charge in [-0.2, -0.15) is 0 Å². The molecular formula is C19H24N4O2. The molecule has 1 N–H and O–H groups in total. The number of hydrogen-bond donors (Lipinski definition) is 1. The van der Waals surface area contributed by atoms with E-state index in [2.05, 4.69) is 28.8 Å². The lowest BCUT2D eigenvalue weighted by Crippen LogP contribution is -2.34. The van der Waals surface area contributed by atoms with Crippen LogP contribution in [0.5, 0.6) is 0 Å². The van der Waals surface area contributed by atoms with Crippen LogP contribution in [-0.2, 0) is 4.79 Å². The Bertz CT molecular complexity index is 784. The van der Waals surface area contributed by atoms with Crippen molar-refractivity contribution in [3.05, 3.63) is 46.6 Å². The van der Waals surface area contributed by atoms with Crippen LogP contribution in [0.15, 0.2) is 35.4 Å². The van der Waals surface area contributed by atoms with E-state index in [1.165, 1.54) is 0 Å². The standard InChI is InChI=1S/C19H24N4O2/c1-3-13(4-2)19(25)23-10-7-15(12-23)16-11-17(24)22-18(21-16)14-5-8-20-9-6-14/h5-6,8-9,11,13,15H,3-4,7,10,12H2,1-2H3,(H,21,22,24). The number of carbonyl (C=O) groups is 1. The molecule has 1 atom stereocenters. The molecule has 1 aliphatic rings. The number of pyridine rings is 1. The summed E-state index contributed by atoms with van der Waals surface area (Å²) in [6.45, 7) is 5.48. The van der Waals surface area contributed by atoms with Crippen LogP contribution in [0, 0.1) is 5.92 Å². The van der Waals surface area contributed by atoms with E-state index >= 15 is 0 Å².